The molecule has 0 saturated heterocycles. The van der Waals surface area contributed by atoms with Crippen molar-refractivity contribution in [2.45, 2.75) is 44.3 Å². The van der Waals surface area contributed by atoms with E-state index in [1.165, 1.54) is 59.5 Å². The van der Waals surface area contributed by atoms with Crippen LogP contribution in [0.1, 0.15) is 26.3 Å². The molecule has 0 aliphatic rings. The molecule has 0 spiro atoms. The van der Waals surface area contributed by atoms with Gasteiger partial charge in [0.05, 0.1) is 20.6 Å². The molecule has 7 nitrogen and oxygen atoms in total. The van der Waals surface area contributed by atoms with E-state index in [1.54, 1.807) is 39.0 Å². The maximum Gasteiger partial charge on any atom is 0.264 e. The van der Waals surface area contributed by atoms with Crippen molar-refractivity contribution in [3.8, 4) is 0 Å². The SMILES string of the molecule is CC(C)NC(=O)[C@H](C)N(Cc1ccc(F)cc1)C(=O)CN(c1ccc(Cl)c(Cl)c1)S(=O)(=O)c1ccccc1. The number of amides is 2. The van der Waals surface area contributed by atoms with Crippen LogP contribution in [0.3, 0.4) is 0 Å². The third-order valence-corrected chi connectivity index (χ3v) is 8.19. The molecule has 0 aliphatic carbocycles. The third kappa shape index (κ3) is 7.24. The van der Waals surface area contributed by atoms with Crippen LogP contribution in [-0.4, -0.2) is 43.8 Å². The molecule has 1 atom stereocenters. The summed E-state index contributed by atoms with van der Waals surface area (Å²) in [6.07, 6.45) is 0. The van der Waals surface area contributed by atoms with Crippen molar-refractivity contribution < 1.29 is 22.4 Å². The lowest BCUT2D eigenvalue weighted by molar-refractivity contribution is -0.139. The molecule has 0 radical (unpaired) electrons. The summed E-state index contributed by atoms with van der Waals surface area (Å²) < 4.78 is 41.8. The molecule has 2 amide bonds. The van der Waals surface area contributed by atoms with Crippen LogP contribution in [0.5, 0.6) is 0 Å². The average Bonchev–Trinajstić information content (AvgIpc) is 2.88. The number of benzene rings is 3. The third-order valence-electron chi connectivity index (χ3n) is 5.67. The van der Waals surface area contributed by atoms with Gasteiger partial charge in [-0.25, -0.2) is 12.8 Å². The lowest BCUT2D eigenvalue weighted by atomic mass is 10.1. The molecule has 202 valence electrons. The molecule has 0 heterocycles. The second-order valence-electron chi connectivity index (χ2n) is 8.91. The first-order chi connectivity index (χ1) is 17.9. The van der Waals surface area contributed by atoms with Crippen LogP contribution in [0, 0.1) is 5.82 Å². The number of carbonyl (C=O) groups is 2. The Kier molecular flexibility index (Phi) is 9.76. The highest BCUT2D eigenvalue weighted by molar-refractivity contribution is 7.92. The molecule has 3 aromatic carbocycles. The Hall–Kier alpha value is -3.14. The van der Waals surface area contributed by atoms with Gasteiger partial charge in [0.15, 0.2) is 0 Å². The van der Waals surface area contributed by atoms with Crippen LogP contribution in [-0.2, 0) is 26.2 Å². The summed E-state index contributed by atoms with van der Waals surface area (Å²) in [4.78, 5) is 27.9. The number of sulfonamides is 1. The van der Waals surface area contributed by atoms with Gasteiger partial charge in [-0.3, -0.25) is 13.9 Å². The molecule has 0 unspecified atom stereocenters. The highest BCUT2D eigenvalue weighted by atomic mass is 35.5. The monoisotopic (exact) mass is 579 g/mol. The lowest BCUT2D eigenvalue weighted by Crippen LogP contribution is -2.52. The van der Waals surface area contributed by atoms with Crippen molar-refractivity contribution in [2.24, 2.45) is 0 Å². The predicted molar refractivity (Wildman–Crippen MR) is 147 cm³/mol. The molecule has 0 fully saturated rings. The van der Waals surface area contributed by atoms with Gasteiger partial charge in [0, 0.05) is 12.6 Å². The smallest absolute Gasteiger partial charge is 0.264 e. The van der Waals surface area contributed by atoms with Gasteiger partial charge >= 0.3 is 0 Å². The van der Waals surface area contributed by atoms with E-state index in [0.717, 1.165) is 4.31 Å². The highest BCUT2D eigenvalue weighted by Gasteiger charge is 2.32. The van der Waals surface area contributed by atoms with Crippen molar-refractivity contribution in [1.82, 2.24) is 10.2 Å². The number of carbonyl (C=O) groups excluding carboxylic acids is 2. The quantitative estimate of drug-likeness (QED) is 0.354. The van der Waals surface area contributed by atoms with Crippen molar-refractivity contribution in [3.63, 3.8) is 0 Å². The average molecular weight is 581 g/mol. The van der Waals surface area contributed by atoms with Gasteiger partial charge in [-0.15, -0.1) is 0 Å². The molecule has 1 N–H and O–H groups in total. The fourth-order valence-electron chi connectivity index (χ4n) is 3.66. The topological polar surface area (TPSA) is 86.8 Å². The summed E-state index contributed by atoms with van der Waals surface area (Å²) in [5.74, 6) is -1.51. The van der Waals surface area contributed by atoms with Crippen LogP contribution >= 0.6 is 23.2 Å². The predicted octanol–water partition coefficient (Wildman–Crippen LogP) is 5.27. The van der Waals surface area contributed by atoms with E-state index in [4.69, 9.17) is 23.2 Å². The minimum Gasteiger partial charge on any atom is -0.352 e. The fraction of sp³-hybridized carbons (Fsp3) is 0.259. The zero-order valence-corrected chi connectivity index (χ0v) is 23.4. The summed E-state index contributed by atoms with van der Waals surface area (Å²) in [5, 5.41) is 3.10. The van der Waals surface area contributed by atoms with E-state index in [1.807, 2.05) is 0 Å². The van der Waals surface area contributed by atoms with Crippen molar-refractivity contribution in [3.05, 3.63) is 94.2 Å². The Balaban J connectivity index is 2.04. The summed E-state index contributed by atoms with van der Waals surface area (Å²) in [6.45, 7) is 4.45. The van der Waals surface area contributed by atoms with Crippen LogP contribution in [0.4, 0.5) is 10.1 Å². The zero-order chi connectivity index (χ0) is 28.0. The van der Waals surface area contributed by atoms with Crippen molar-refractivity contribution in [1.29, 1.82) is 0 Å². The highest BCUT2D eigenvalue weighted by Crippen LogP contribution is 2.31. The number of hydrogen-bond donors (Lipinski definition) is 1. The van der Waals surface area contributed by atoms with E-state index in [2.05, 4.69) is 5.32 Å². The Labute approximate surface area is 232 Å². The molecule has 0 aromatic heterocycles. The summed E-state index contributed by atoms with van der Waals surface area (Å²) >= 11 is 12.2. The molecule has 3 aromatic rings. The van der Waals surface area contributed by atoms with Gasteiger partial charge in [0.2, 0.25) is 11.8 Å². The molecular weight excluding hydrogens is 552 g/mol. The fourth-order valence-corrected chi connectivity index (χ4v) is 5.38. The molecule has 0 saturated carbocycles. The molecule has 3 rings (SSSR count). The number of halogens is 3. The van der Waals surface area contributed by atoms with Crippen molar-refractivity contribution in [2.75, 3.05) is 10.8 Å². The Morgan fingerprint density at radius 1 is 0.921 bits per heavy atom. The van der Waals surface area contributed by atoms with Gasteiger partial charge in [-0.05, 0) is 68.8 Å². The Morgan fingerprint density at radius 3 is 2.13 bits per heavy atom. The van der Waals surface area contributed by atoms with E-state index >= 15 is 0 Å². The van der Waals surface area contributed by atoms with Crippen molar-refractivity contribution >= 4 is 50.7 Å². The van der Waals surface area contributed by atoms with Gasteiger partial charge in [0.25, 0.3) is 10.0 Å². The molecule has 38 heavy (non-hydrogen) atoms. The molecule has 11 heteroatoms. The number of hydrogen-bond acceptors (Lipinski definition) is 4. The summed E-state index contributed by atoms with van der Waals surface area (Å²) in [6, 6.07) is 16.2. The van der Waals surface area contributed by atoms with Crippen LogP contribution in [0.2, 0.25) is 10.0 Å². The Morgan fingerprint density at radius 2 is 1.55 bits per heavy atom. The van der Waals surface area contributed by atoms with E-state index < -0.39 is 40.2 Å². The van der Waals surface area contributed by atoms with Gasteiger partial charge in [0.1, 0.15) is 18.4 Å². The number of nitrogens with one attached hydrogen (secondary N) is 1. The van der Waals surface area contributed by atoms with E-state index in [0.29, 0.717) is 5.56 Å². The van der Waals surface area contributed by atoms with Gasteiger partial charge in [-0.2, -0.15) is 0 Å². The Bertz CT molecular complexity index is 1390. The molecular formula is C27H28Cl2FN3O4S. The largest absolute Gasteiger partial charge is 0.352 e. The standard InChI is InChI=1S/C27H28Cl2FN3O4S/c1-18(2)31-27(35)19(3)32(16-20-9-11-21(30)12-10-20)26(34)17-33(22-13-14-24(28)25(29)15-22)38(36,37)23-7-5-4-6-8-23/h4-15,18-19H,16-17H2,1-3H3,(H,31,35)/t19-/m0/s1. The first-order valence-electron chi connectivity index (χ1n) is 11.8. The molecule has 0 bridgehead atoms. The minimum atomic E-state index is -4.22. The maximum atomic E-state index is 13.8. The van der Waals surface area contributed by atoms with Crippen LogP contribution in [0.15, 0.2) is 77.7 Å². The lowest BCUT2D eigenvalue weighted by Gasteiger charge is -2.32. The number of rotatable bonds is 10. The van der Waals surface area contributed by atoms with Gasteiger partial charge in [-0.1, -0.05) is 53.5 Å². The maximum absolute atomic E-state index is 13.8. The normalized spacial score (nSPS) is 12.2. The minimum absolute atomic E-state index is 0.0328. The second-order valence-corrected chi connectivity index (χ2v) is 11.6. The summed E-state index contributed by atoms with van der Waals surface area (Å²) in [5.41, 5.74) is 0.688. The first kappa shape index (κ1) is 29.4. The van der Waals surface area contributed by atoms with Crippen LogP contribution in [0.25, 0.3) is 0 Å². The van der Waals surface area contributed by atoms with E-state index in [9.17, 15) is 22.4 Å². The summed E-state index contributed by atoms with van der Waals surface area (Å²) in [7, 11) is -4.22. The second kappa shape index (κ2) is 12.6. The van der Waals surface area contributed by atoms with Crippen LogP contribution < -0.4 is 9.62 Å². The zero-order valence-electron chi connectivity index (χ0n) is 21.1. The molecule has 0 aliphatic heterocycles. The number of anilines is 1. The first-order valence-corrected chi connectivity index (χ1v) is 14.0. The van der Waals surface area contributed by atoms with E-state index in [-0.39, 0.29) is 33.2 Å². The number of nitrogens with zero attached hydrogens (tertiary/aromatic N) is 2. The van der Waals surface area contributed by atoms with Gasteiger partial charge < -0.3 is 10.2 Å².